The van der Waals surface area contributed by atoms with Gasteiger partial charge >= 0.3 is 0 Å². The van der Waals surface area contributed by atoms with E-state index in [9.17, 15) is 0 Å². The molecule has 0 aliphatic carbocycles. The lowest BCUT2D eigenvalue weighted by atomic mass is 10.2. The maximum Gasteiger partial charge on any atom is 0.0346 e. The van der Waals surface area contributed by atoms with Crippen LogP contribution in [0.15, 0.2) is 42.5 Å². The van der Waals surface area contributed by atoms with Crippen LogP contribution in [0.4, 0.5) is 0 Å². The highest BCUT2D eigenvalue weighted by Gasteiger charge is 2.11. The van der Waals surface area contributed by atoms with Crippen LogP contribution in [0.5, 0.6) is 0 Å². The molecular formula is C15H20Cl2N2S. The maximum atomic E-state index is 3.39. The van der Waals surface area contributed by atoms with Gasteiger partial charge in [-0.05, 0) is 17.7 Å². The minimum absolute atomic E-state index is 0. The van der Waals surface area contributed by atoms with E-state index in [4.69, 9.17) is 0 Å². The molecular weight excluding hydrogens is 311 g/mol. The minimum atomic E-state index is 0. The Morgan fingerprint density at radius 2 is 1.65 bits per heavy atom. The van der Waals surface area contributed by atoms with Crippen LogP contribution in [0.1, 0.15) is 4.88 Å². The van der Waals surface area contributed by atoms with Crippen LogP contribution in [0.25, 0.3) is 10.4 Å². The number of hydrogen-bond donors (Lipinski definition) is 1. The standard InChI is InChI=1S/C15H18N2S.2ClH/c1-2-4-13(5-3-1)15-7-6-14(18-15)12-17-10-8-16-9-11-17;;/h1-7,16H,8-12H2;2*1H. The van der Waals surface area contributed by atoms with Crippen molar-refractivity contribution in [3.63, 3.8) is 0 Å². The zero-order chi connectivity index (χ0) is 12.2. The van der Waals surface area contributed by atoms with E-state index in [0.29, 0.717) is 0 Å². The third kappa shape index (κ3) is 4.47. The zero-order valence-corrected chi connectivity index (χ0v) is 13.7. The van der Waals surface area contributed by atoms with Crippen molar-refractivity contribution in [1.82, 2.24) is 10.2 Å². The summed E-state index contributed by atoms with van der Waals surface area (Å²) in [5.74, 6) is 0. The third-order valence-electron chi connectivity index (χ3n) is 3.31. The molecule has 2 nitrogen and oxygen atoms in total. The van der Waals surface area contributed by atoms with Crippen molar-refractivity contribution in [3.8, 4) is 10.4 Å². The molecule has 1 aromatic heterocycles. The van der Waals surface area contributed by atoms with Crippen LogP contribution in [-0.4, -0.2) is 31.1 Å². The highest BCUT2D eigenvalue weighted by molar-refractivity contribution is 7.15. The molecule has 0 radical (unpaired) electrons. The first-order valence-corrected chi connectivity index (χ1v) is 7.31. The van der Waals surface area contributed by atoms with Crippen LogP contribution >= 0.6 is 36.2 Å². The average Bonchev–Trinajstić information content (AvgIpc) is 2.89. The second kappa shape index (κ2) is 8.65. The first-order chi connectivity index (χ1) is 8.92. The van der Waals surface area contributed by atoms with E-state index in [-0.39, 0.29) is 24.8 Å². The maximum absolute atomic E-state index is 3.39. The van der Waals surface area contributed by atoms with E-state index < -0.39 is 0 Å². The Bertz CT molecular complexity index is 496. The van der Waals surface area contributed by atoms with Gasteiger partial charge in [0, 0.05) is 42.5 Å². The van der Waals surface area contributed by atoms with Gasteiger partial charge in [-0.1, -0.05) is 30.3 Å². The minimum Gasteiger partial charge on any atom is -0.314 e. The molecule has 20 heavy (non-hydrogen) atoms. The van der Waals surface area contributed by atoms with Crippen LogP contribution < -0.4 is 5.32 Å². The molecule has 110 valence electrons. The van der Waals surface area contributed by atoms with Gasteiger partial charge in [-0.25, -0.2) is 0 Å². The average molecular weight is 331 g/mol. The van der Waals surface area contributed by atoms with E-state index in [1.54, 1.807) is 0 Å². The van der Waals surface area contributed by atoms with Gasteiger partial charge in [0.1, 0.15) is 0 Å². The Morgan fingerprint density at radius 3 is 2.35 bits per heavy atom. The predicted octanol–water partition coefficient (Wildman–Crippen LogP) is 3.66. The van der Waals surface area contributed by atoms with Crippen LogP contribution in [0, 0.1) is 0 Å². The fourth-order valence-electron chi connectivity index (χ4n) is 2.31. The Hall–Kier alpha value is -0.580. The molecule has 1 aliphatic heterocycles. The van der Waals surface area contributed by atoms with Crippen molar-refractivity contribution in [2.45, 2.75) is 6.54 Å². The molecule has 3 rings (SSSR count). The highest BCUT2D eigenvalue weighted by Crippen LogP contribution is 2.28. The highest BCUT2D eigenvalue weighted by atomic mass is 35.5. The fraction of sp³-hybridized carbons (Fsp3) is 0.333. The van der Waals surface area contributed by atoms with E-state index in [2.05, 4.69) is 52.7 Å². The van der Waals surface area contributed by atoms with Crippen molar-refractivity contribution in [1.29, 1.82) is 0 Å². The second-order valence-corrected chi connectivity index (χ2v) is 5.83. The number of rotatable bonds is 3. The van der Waals surface area contributed by atoms with Crippen LogP contribution in [-0.2, 0) is 6.54 Å². The van der Waals surface area contributed by atoms with Gasteiger partial charge < -0.3 is 5.32 Å². The van der Waals surface area contributed by atoms with Gasteiger partial charge in [0.05, 0.1) is 0 Å². The molecule has 2 aromatic rings. The summed E-state index contributed by atoms with van der Waals surface area (Å²) in [5, 5.41) is 3.39. The smallest absolute Gasteiger partial charge is 0.0346 e. The number of thiophene rings is 1. The molecule has 1 saturated heterocycles. The predicted molar refractivity (Wildman–Crippen MR) is 92.4 cm³/mol. The summed E-state index contributed by atoms with van der Waals surface area (Å²) in [6.07, 6.45) is 0. The number of hydrogen-bond acceptors (Lipinski definition) is 3. The molecule has 1 aliphatic rings. The number of benzene rings is 1. The van der Waals surface area contributed by atoms with Gasteiger partial charge in [0.25, 0.3) is 0 Å². The van der Waals surface area contributed by atoms with E-state index >= 15 is 0 Å². The van der Waals surface area contributed by atoms with Crippen molar-refractivity contribution < 1.29 is 0 Å². The summed E-state index contributed by atoms with van der Waals surface area (Å²) in [5.41, 5.74) is 1.33. The molecule has 0 saturated carbocycles. The van der Waals surface area contributed by atoms with Crippen molar-refractivity contribution >= 4 is 36.2 Å². The Kier molecular flexibility index (Phi) is 7.56. The molecule has 1 aromatic carbocycles. The first-order valence-electron chi connectivity index (χ1n) is 6.49. The molecule has 1 N–H and O–H groups in total. The Morgan fingerprint density at radius 1 is 0.950 bits per heavy atom. The fourth-order valence-corrected chi connectivity index (χ4v) is 3.37. The summed E-state index contributed by atoms with van der Waals surface area (Å²) in [6.45, 7) is 5.67. The zero-order valence-electron chi connectivity index (χ0n) is 11.2. The largest absolute Gasteiger partial charge is 0.314 e. The van der Waals surface area contributed by atoms with E-state index in [1.807, 2.05) is 11.3 Å². The lowest BCUT2D eigenvalue weighted by Gasteiger charge is -2.26. The van der Waals surface area contributed by atoms with E-state index in [1.165, 1.54) is 28.4 Å². The van der Waals surface area contributed by atoms with Crippen molar-refractivity contribution in [3.05, 3.63) is 47.3 Å². The first kappa shape index (κ1) is 17.5. The third-order valence-corrected chi connectivity index (χ3v) is 4.43. The topological polar surface area (TPSA) is 15.3 Å². The molecule has 0 amide bonds. The summed E-state index contributed by atoms with van der Waals surface area (Å²) >= 11 is 1.92. The number of nitrogens with zero attached hydrogens (tertiary/aromatic N) is 1. The summed E-state index contributed by atoms with van der Waals surface area (Å²) in [7, 11) is 0. The quantitative estimate of drug-likeness (QED) is 0.923. The van der Waals surface area contributed by atoms with Gasteiger partial charge in [-0.3, -0.25) is 4.90 Å². The van der Waals surface area contributed by atoms with Crippen molar-refractivity contribution in [2.75, 3.05) is 26.2 Å². The Balaban J connectivity index is 0.000001000. The SMILES string of the molecule is Cl.Cl.c1ccc(-c2ccc(CN3CCNCC3)s2)cc1. The Labute approximate surface area is 137 Å². The summed E-state index contributed by atoms with van der Waals surface area (Å²) in [6, 6.07) is 15.2. The molecule has 2 heterocycles. The normalized spacial score (nSPS) is 15.2. The monoisotopic (exact) mass is 330 g/mol. The molecule has 1 fully saturated rings. The molecule has 0 spiro atoms. The molecule has 0 bridgehead atoms. The second-order valence-electron chi connectivity index (χ2n) is 4.66. The number of halogens is 2. The lowest BCUT2D eigenvalue weighted by Crippen LogP contribution is -2.42. The van der Waals surface area contributed by atoms with Crippen LogP contribution in [0.3, 0.4) is 0 Å². The van der Waals surface area contributed by atoms with Gasteiger partial charge in [-0.2, -0.15) is 0 Å². The molecule has 0 atom stereocenters. The summed E-state index contributed by atoms with van der Waals surface area (Å²) < 4.78 is 0. The van der Waals surface area contributed by atoms with Gasteiger partial charge in [0.2, 0.25) is 0 Å². The van der Waals surface area contributed by atoms with E-state index in [0.717, 1.165) is 19.6 Å². The van der Waals surface area contributed by atoms with Crippen LogP contribution in [0.2, 0.25) is 0 Å². The molecule has 5 heteroatoms. The van der Waals surface area contributed by atoms with Crippen molar-refractivity contribution in [2.24, 2.45) is 0 Å². The summed E-state index contributed by atoms with van der Waals surface area (Å²) in [4.78, 5) is 5.37. The number of piperazine rings is 1. The van der Waals surface area contributed by atoms with Gasteiger partial charge in [-0.15, -0.1) is 36.2 Å². The van der Waals surface area contributed by atoms with Gasteiger partial charge in [0.15, 0.2) is 0 Å². The molecule has 0 unspecified atom stereocenters. The number of nitrogens with one attached hydrogen (secondary N) is 1. The lowest BCUT2D eigenvalue weighted by molar-refractivity contribution is 0.235.